The molecule has 1 aromatic carbocycles. The Labute approximate surface area is 160 Å². The monoisotopic (exact) mass is 368 g/mol. The van der Waals surface area contributed by atoms with Crippen LogP contribution in [0.5, 0.6) is 0 Å². The molecule has 5 nitrogen and oxygen atoms in total. The molecule has 3 atom stereocenters. The fraction of sp³-hybridized carbons (Fsp3) is 0.545. The third kappa shape index (κ3) is 4.41. The van der Waals surface area contributed by atoms with Gasteiger partial charge < -0.3 is 14.5 Å². The van der Waals surface area contributed by atoms with E-state index in [9.17, 15) is 4.79 Å². The van der Waals surface area contributed by atoms with Crippen LogP contribution in [0.15, 0.2) is 41.0 Å². The second kappa shape index (κ2) is 8.26. The Hall–Kier alpha value is -2.14. The molecule has 1 aromatic heterocycles. The Morgan fingerprint density at radius 1 is 1.11 bits per heavy atom. The first-order valence-electron chi connectivity index (χ1n) is 10.1. The van der Waals surface area contributed by atoms with Crippen LogP contribution in [0.2, 0.25) is 0 Å². The first-order valence-corrected chi connectivity index (χ1v) is 10.1. The fourth-order valence-corrected chi connectivity index (χ4v) is 4.51. The summed E-state index contributed by atoms with van der Waals surface area (Å²) in [5, 5.41) is 3.11. The number of ether oxygens (including phenoxy) is 1. The third-order valence-electron chi connectivity index (χ3n) is 5.81. The van der Waals surface area contributed by atoms with Crippen molar-refractivity contribution in [1.29, 1.82) is 0 Å². The zero-order valence-electron chi connectivity index (χ0n) is 15.9. The van der Waals surface area contributed by atoms with E-state index in [2.05, 4.69) is 5.32 Å². The quantitative estimate of drug-likeness (QED) is 0.853. The van der Waals surface area contributed by atoms with E-state index in [4.69, 9.17) is 14.1 Å². The zero-order valence-corrected chi connectivity index (χ0v) is 15.9. The maximum atomic E-state index is 11.6. The number of nitrogens with one attached hydrogen (secondary N) is 1. The Kier molecular flexibility index (Phi) is 5.58. The highest BCUT2D eigenvalue weighted by atomic mass is 16.5. The minimum absolute atomic E-state index is 0.0215. The van der Waals surface area contributed by atoms with E-state index in [1.807, 2.05) is 30.3 Å². The van der Waals surface area contributed by atoms with E-state index >= 15 is 0 Å². The van der Waals surface area contributed by atoms with Crippen molar-refractivity contribution < 1.29 is 13.9 Å². The van der Waals surface area contributed by atoms with Crippen LogP contribution in [-0.2, 0) is 9.53 Å². The van der Waals surface area contributed by atoms with Crippen LogP contribution >= 0.6 is 0 Å². The van der Waals surface area contributed by atoms with Crippen molar-refractivity contribution in [2.45, 2.75) is 70.1 Å². The van der Waals surface area contributed by atoms with E-state index in [1.54, 1.807) is 13.2 Å². The van der Waals surface area contributed by atoms with Crippen LogP contribution in [0.1, 0.15) is 63.7 Å². The summed E-state index contributed by atoms with van der Waals surface area (Å²) in [7, 11) is 0. The minimum atomic E-state index is -0.135. The van der Waals surface area contributed by atoms with E-state index in [0.29, 0.717) is 11.8 Å². The normalized spacial score (nSPS) is 26.6. The molecule has 5 heteroatoms. The Bertz CT molecular complexity index is 752. The molecule has 1 amide bonds. The molecule has 2 aliphatic rings. The van der Waals surface area contributed by atoms with Gasteiger partial charge >= 0.3 is 0 Å². The largest absolute Gasteiger partial charge is 0.444 e. The lowest BCUT2D eigenvalue weighted by Crippen LogP contribution is -2.44. The molecule has 144 valence electrons. The number of oxazole rings is 1. The predicted molar refractivity (Wildman–Crippen MR) is 103 cm³/mol. The molecule has 1 N–H and O–H groups in total. The zero-order chi connectivity index (χ0) is 18.6. The van der Waals surface area contributed by atoms with Crippen molar-refractivity contribution in [3.05, 3.63) is 42.3 Å². The third-order valence-corrected chi connectivity index (χ3v) is 5.81. The van der Waals surface area contributed by atoms with Crippen molar-refractivity contribution >= 4 is 5.91 Å². The summed E-state index contributed by atoms with van der Waals surface area (Å²) in [6.07, 6.45) is 9.71. The number of carbonyl (C=O) groups is 1. The SMILES string of the molecule is CC(=O)N[C@H]1C[C@@H](c2coc(-c3ccccc3)n2)O[C@@H](C2CCCCC2)C1. The molecule has 2 aromatic rings. The summed E-state index contributed by atoms with van der Waals surface area (Å²) >= 11 is 0. The molecule has 0 radical (unpaired) electrons. The highest BCUT2D eigenvalue weighted by Gasteiger charge is 2.36. The second-order valence-corrected chi connectivity index (χ2v) is 7.87. The van der Waals surface area contributed by atoms with Crippen LogP contribution in [-0.4, -0.2) is 23.0 Å². The highest BCUT2D eigenvalue weighted by Crippen LogP contribution is 2.39. The molecular weight excluding hydrogens is 340 g/mol. The van der Waals surface area contributed by atoms with Gasteiger partial charge in [0, 0.05) is 18.5 Å². The van der Waals surface area contributed by atoms with E-state index in [-0.39, 0.29) is 24.2 Å². The van der Waals surface area contributed by atoms with Gasteiger partial charge in [0.15, 0.2) is 0 Å². The summed E-state index contributed by atoms with van der Waals surface area (Å²) in [5.41, 5.74) is 1.78. The Morgan fingerprint density at radius 3 is 2.63 bits per heavy atom. The van der Waals surface area contributed by atoms with Crippen LogP contribution in [0, 0.1) is 5.92 Å². The first kappa shape index (κ1) is 18.2. The molecular formula is C22H28N2O3. The van der Waals surface area contributed by atoms with Crippen molar-refractivity contribution in [2.75, 3.05) is 0 Å². The van der Waals surface area contributed by atoms with Gasteiger partial charge in [0.2, 0.25) is 11.8 Å². The van der Waals surface area contributed by atoms with Crippen molar-refractivity contribution in [2.24, 2.45) is 5.92 Å². The van der Waals surface area contributed by atoms with Gasteiger partial charge in [0.1, 0.15) is 18.1 Å². The molecule has 4 rings (SSSR count). The van der Waals surface area contributed by atoms with Crippen LogP contribution in [0.4, 0.5) is 0 Å². The van der Waals surface area contributed by atoms with Crippen LogP contribution in [0.3, 0.4) is 0 Å². The molecule has 0 spiro atoms. The summed E-state index contributed by atoms with van der Waals surface area (Å²) in [5.74, 6) is 1.22. The van der Waals surface area contributed by atoms with Crippen molar-refractivity contribution in [3.63, 3.8) is 0 Å². The maximum Gasteiger partial charge on any atom is 0.226 e. The van der Waals surface area contributed by atoms with Gasteiger partial charge in [-0.1, -0.05) is 37.5 Å². The fourth-order valence-electron chi connectivity index (χ4n) is 4.51. The molecule has 1 saturated heterocycles. The lowest BCUT2D eigenvalue weighted by molar-refractivity contribution is -0.124. The summed E-state index contributed by atoms with van der Waals surface area (Å²) in [6, 6.07) is 10.0. The van der Waals surface area contributed by atoms with E-state index < -0.39 is 0 Å². The molecule has 0 bridgehead atoms. The number of aromatic nitrogens is 1. The van der Waals surface area contributed by atoms with E-state index in [0.717, 1.165) is 24.1 Å². The number of hydrogen-bond donors (Lipinski definition) is 1. The molecule has 1 saturated carbocycles. The van der Waals surface area contributed by atoms with Gasteiger partial charge in [-0.2, -0.15) is 0 Å². The minimum Gasteiger partial charge on any atom is -0.444 e. The second-order valence-electron chi connectivity index (χ2n) is 7.87. The van der Waals surface area contributed by atoms with Gasteiger partial charge in [-0.25, -0.2) is 4.98 Å². The van der Waals surface area contributed by atoms with Gasteiger partial charge in [0.05, 0.1) is 6.10 Å². The topological polar surface area (TPSA) is 64.4 Å². The molecule has 27 heavy (non-hydrogen) atoms. The van der Waals surface area contributed by atoms with Gasteiger partial charge in [0.25, 0.3) is 0 Å². The van der Waals surface area contributed by atoms with E-state index in [1.165, 1.54) is 32.1 Å². The number of nitrogens with zero attached hydrogens (tertiary/aromatic N) is 1. The van der Waals surface area contributed by atoms with Crippen LogP contribution in [0.25, 0.3) is 11.5 Å². The molecule has 1 aliphatic carbocycles. The maximum absolute atomic E-state index is 11.6. The van der Waals surface area contributed by atoms with Gasteiger partial charge in [-0.15, -0.1) is 0 Å². The Balaban J connectivity index is 1.53. The smallest absolute Gasteiger partial charge is 0.226 e. The standard InChI is InChI=1S/C22H28N2O3/c1-15(25)23-18-12-20(16-8-4-2-5-9-16)27-21(13-18)19-14-26-22(24-19)17-10-6-3-7-11-17/h3,6-7,10-11,14,16,18,20-21H,2,4-5,8-9,12-13H2,1H3,(H,23,25)/t18-,20-,21+/m1/s1. The average molecular weight is 368 g/mol. The van der Waals surface area contributed by atoms with Crippen LogP contribution < -0.4 is 5.32 Å². The van der Waals surface area contributed by atoms with Crippen molar-refractivity contribution in [3.8, 4) is 11.5 Å². The average Bonchev–Trinajstić information content (AvgIpc) is 3.19. The lowest BCUT2D eigenvalue weighted by Gasteiger charge is -2.40. The van der Waals surface area contributed by atoms with Crippen molar-refractivity contribution in [1.82, 2.24) is 10.3 Å². The number of rotatable bonds is 4. The predicted octanol–water partition coefficient (Wildman–Crippen LogP) is 4.65. The highest BCUT2D eigenvalue weighted by molar-refractivity contribution is 5.73. The first-order chi connectivity index (χ1) is 13.2. The Morgan fingerprint density at radius 2 is 1.89 bits per heavy atom. The molecule has 2 heterocycles. The number of amides is 1. The molecule has 1 aliphatic heterocycles. The number of benzene rings is 1. The summed E-state index contributed by atoms with van der Waals surface area (Å²) in [4.78, 5) is 16.3. The molecule has 2 fully saturated rings. The summed E-state index contributed by atoms with van der Waals surface area (Å²) in [6.45, 7) is 1.59. The van der Waals surface area contributed by atoms with Gasteiger partial charge in [-0.3, -0.25) is 4.79 Å². The number of hydrogen-bond acceptors (Lipinski definition) is 4. The number of carbonyl (C=O) groups excluding carboxylic acids is 1. The summed E-state index contributed by atoms with van der Waals surface area (Å²) < 4.78 is 12.2. The molecule has 0 unspecified atom stereocenters. The van der Waals surface area contributed by atoms with Gasteiger partial charge in [-0.05, 0) is 43.7 Å². The lowest BCUT2D eigenvalue weighted by atomic mass is 9.81.